The molecule has 1 aliphatic rings. The van der Waals surface area contributed by atoms with E-state index in [2.05, 4.69) is 28.6 Å². The number of carbonyl (C=O) groups excluding carboxylic acids is 1. The average Bonchev–Trinajstić information content (AvgIpc) is 2.79. The summed E-state index contributed by atoms with van der Waals surface area (Å²) in [6.45, 7) is 5.86. The van der Waals surface area contributed by atoms with Gasteiger partial charge in [0.2, 0.25) is 5.91 Å². The lowest BCUT2D eigenvalue weighted by molar-refractivity contribution is -0.123. The van der Waals surface area contributed by atoms with Gasteiger partial charge in [-0.15, -0.1) is 0 Å². The second kappa shape index (κ2) is 7.45. The van der Waals surface area contributed by atoms with Gasteiger partial charge >= 0.3 is 0 Å². The van der Waals surface area contributed by atoms with Gasteiger partial charge in [-0.3, -0.25) is 15.1 Å². The minimum atomic E-state index is -0.379. The molecule has 1 atom stereocenters. The fourth-order valence-corrected chi connectivity index (χ4v) is 2.97. The minimum absolute atomic E-state index is 0.0299. The number of amides is 1. The van der Waals surface area contributed by atoms with Gasteiger partial charge in [0.1, 0.15) is 18.4 Å². The molecule has 1 aliphatic heterocycles. The number of hydrogen-bond donors (Lipinski definition) is 2. The zero-order chi connectivity index (χ0) is 16.9. The van der Waals surface area contributed by atoms with Crippen LogP contribution < -0.4 is 15.4 Å². The third-order valence-corrected chi connectivity index (χ3v) is 4.18. The highest BCUT2D eigenvalue weighted by atomic mass is 16.5. The van der Waals surface area contributed by atoms with Gasteiger partial charge in [-0.05, 0) is 31.0 Å². The van der Waals surface area contributed by atoms with Crippen LogP contribution in [0.1, 0.15) is 28.4 Å². The smallest absolute Gasteiger partial charge is 0.241 e. The molecule has 126 valence electrons. The van der Waals surface area contributed by atoms with Crippen LogP contribution in [0.3, 0.4) is 0 Å². The molecule has 1 unspecified atom stereocenters. The number of aromatic nitrogens is 1. The molecule has 0 fully saturated rings. The Morgan fingerprint density at radius 1 is 1.38 bits per heavy atom. The first kappa shape index (κ1) is 16.5. The normalized spacial score (nSPS) is 16.7. The maximum Gasteiger partial charge on any atom is 0.241 e. The summed E-state index contributed by atoms with van der Waals surface area (Å²) in [4.78, 5) is 17.0. The highest BCUT2D eigenvalue weighted by Crippen LogP contribution is 2.26. The number of rotatable bonds is 4. The van der Waals surface area contributed by atoms with E-state index in [1.165, 1.54) is 0 Å². The number of aryl methyl sites for hydroxylation is 2. The van der Waals surface area contributed by atoms with E-state index in [9.17, 15) is 4.79 Å². The van der Waals surface area contributed by atoms with Crippen molar-refractivity contribution in [2.75, 3.05) is 19.7 Å². The predicted molar refractivity (Wildman–Crippen MR) is 93.1 cm³/mol. The first-order valence-electron chi connectivity index (χ1n) is 8.30. The second-order valence-corrected chi connectivity index (χ2v) is 6.09. The lowest BCUT2D eigenvalue weighted by Crippen LogP contribution is -2.38. The van der Waals surface area contributed by atoms with Gasteiger partial charge in [-0.1, -0.05) is 24.3 Å². The Hall–Kier alpha value is -2.40. The molecule has 0 saturated carbocycles. The Labute approximate surface area is 142 Å². The predicted octanol–water partition coefficient (Wildman–Crippen LogP) is 2.08. The van der Waals surface area contributed by atoms with E-state index in [1.54, 1.807) is 0 Å². The standard InChI is InChI=1S/C19H23N3O2/c1-13-11-14(2)16(22-12-13)7-8-21-19(23)18-15-5-3-4-6-17(15)24-10-9-20-18/h3-6,11-12,18,20H,7-10H2,1-2H3,(H,21,23). The molecule has 0 bridgehead atoms. The minimum Gasteiger partial charge on any atom is -0.492 e. The van der Waals surface area contributed by atoms with Crippen LogP contribution in [-0.4, -0.2) is 30.6 Å². The number of para-hydroxylation sites is 1. The van der Waals surface area contributed by atoms with Crippen molar-refractivity contribution in [3.63, 3.8) is 0 Å². The Balaban J connectivity index is 1.63. The number of ether oxygens (including phenoxy) is 1. The summed E-state index contributed by atoms with van der Waals surface area (Å²) in [7, 11) is 0. The molecule has 2 heterocycles. The molecule has 24 heavy (non-hydrogen) atoms. The molecule has 1 amide bonds. The lowest BCUT2D eigenvalue weighted by Gasteiger charge is -2.17. The van der Waals surface area contributed by atoms with Crippen LogP contribution in [0.15, 0.2) is 36.5 Å². The molecule has 0 spiro atoms. The number of nitrogens with zero attached hydrogens (tertiary/aromatic N) is 1. The summed E-state index contributed by atoms with van der Waals surface area (Å²) in [5, 5.41) is 6.27. The molecule has 1 aromatic heterocycles. The molecule has 5 nitrogen and oxygen atoms in total. The number of nitrogens with one attached hydrogen (secondary N) is 2. The van der Waals surface area contributed by atoms with E-state index in [1.807, 2.05) is 37.4 Å². The Morgan fingerprint density at radius 2 is 2.21 bits per heavy atom. The molecule has 1 aromatic carbocycles. The molecule has 5 heteroatoms. The van der Waals surface area contributed by atoms with Gasteiger partial charge in [0.05, 0.1) is 0 Å². The number of hydrogen-bond acceptors (Lipinski definition) is 4. The van der Waals surface area contributed by atoms with Crippen LogP contribution >= 0.6 is 0 Å². The molecule has 0 radical (unpaired) electrons. The Morgan fingerprint density at radius 3 is 3.04 bits per heavy atom. The fraction of sp³-hybridized carbons (Fsp3) is 0.368. The highest BCUT2D eigenvalue weighted by Gasteiger charge is 2.25. The van der Waals surface area contributed by atoms with E-state index < -0.39 is 0 Å². The van der Waals surface area contributed by atoms with Crippen molar-refractivity contribution >= 4 is 5.91 Å². The zero-order valence-corrected chi connectivity index (χ0v) is 14.1. The van der Waals surface area contributed by atoms with E-state index >= 15 is 0 Å². The third-order valence-electron chi connectivity index (χ3n) is 4.18. The summed E-state index contributed by atoms with van der Waals surface area (Å²) in [6, 6.07) is 9.42. The molecule has 0 saturated heterocycles. The lowest BCUT2D eigenvalue weighted by atomic mass is 10.0. The second-order valence-electron chi connectivity index (χ2n) is 6.09. The van der Waals surface area contributed by atoms with Crippen molar-refractivity contribution in [2.45, 2.75) is 26.3 Å². The van der Waals surface area contributed by atoms with Gasteiger partial charge in [0.25, 0.3) is 0 Å². The highest BCUT2D eigenvalue weighted by molar-refractivity contribution is 5.84. The average molecular weight is 325 g/mol. The SMILES string of the molecule is Cc1cnc(CCNC(=O)C2NCCOc3ccccc32)c(C)c1. The third kappa shape index (κ3) is 3.74. The van der Waals surface area contributed by atoms with E-state index in [0.717, 1.165) is 34.6 Å². The largest absolute Gasteiger partial charge is 0.492 e. The van der Waals surface area contributed by atoms with Crippen LogP contribution in [0, 0.1) is 13.8 Å². The number of pyridine rings is 1. The van der Waals surface area contributed by atoms with Crippen molar-refractivity contribution in [1.29, 1.82) is 0 Å². The van der Waals surface area contributed by atoms with E-state index in [-0.39, 0.29) is 11.9 Å². The molecule has 3 rings (SSSR count). The van der Waals surface area contributed by atoms with Gasteiger partial charge in [-0.2, -0.15) is 0 Å². The van der Waals surface area contributed by atoms with Crippen LogP contribution in [0.5, 0.6) is 5.75 Å². The molecular weight excluding hydrogens is 302 g/mol. The Kier molecular flexibility index (Phi) is 5.11. The first-order chi connectivity index (χ1) is 11.6. The maximum atomic E-state index is 12.6. The Bertz CT molecular complexity index is 730. The number of benzene rings is 1. The van der Waals surface area contributed by atoms with E-state index in [0.29, 0.717) is 19.7 Å². The monoisotopic (exact) mass is 325 g/mol. The van der Waals surface area contributed by atoms with Crippen LogP contribution in [0.25, 0.3) is 0 Å². The summed E-state index contributed by atoms with van der Waals surface area (Å²) in [6.07, 6.45) is 2.59. The van der Waals surface area contributed by atoms with Gasteiger partial charge < -0.3 is 10.1 Å². The van der Waals surface area contributed by atoms with Crippen molar-refractivity contribution in [1.82, 2.24) is 15.6 Å². The zero-order valence-electron chi connectivity index (χ0n) is 14.1. The maximum absolute atomic E-state index is 12.6. The van der Waals surface area contributed by atoms with Crippen molar-refractivity contribution in [3.8, 4) is 5.75 Å². The molecular formula is C19H23N3O2. The van der Waals surface area contributed by atoms with Crippen molar-refractivity contribution in [2.24, 2.45) is 0 Å². The van der Waals surface area contributed by atoms with Crippen molar-refractivity contribution in [3.05, 3.63) is 58.9 Å². The van der Waals surface area contributed by atoms with Crippen molar-refractivity contribution < 1.29 is 9.53 Å². The van der Waals surface area contributed by atoms with Gasteiger partial charge in [0, 0.05) is 37.0 Å². The summed E-state index contributed by atoms with van der Waals surface area (Å²) in [5.74, 6) is 0.747. The number of fused-ring (bicyclic) bond motifs is 1. The number of carbonyl (C=O) groups is 1. The van der Waals surface area contributed by atoms with Gasteiger partial charge in [0.15, 0.2) is 0 Å². The van der Waals surface area contributed by atoms with Crippen LogP contribution in [0.2, 0.25) is 0 Å². The summed E-state index contributed by atoms with van der Waals surface area (Å²) in [5.41, 5.74) is 4.23. The molecule has 2 aromatic rings. The van der Waals surface area contributed by atoms with E-state index in [4.69, 9.17) is 4.74 Å². The van der Waals surface area contributed by atoms with Gasteiger partial charge in [-0.25, -0.2) is 0 Å². The molecule has 0 aliphatic carbocycles. The summed E-state index contributed by atoms with van der Waals surface area (Å²) >= 11 is 0. The summed E-state index contributed by atoms with van der Waals surface area (Å²) < 4.78 is 5.68. The topological polar surface area (TPSA) is 63.2 Å². The molecule has 2 N–H and O–H groups in total. The fourth-order valence-electron chi connectivity index (χ4n) is 2.97. The van der Waals surface area contributed by atoms with Crippen LogP contribution in [0.4, 0.5) is 0 Å². The quantitative estimate of drug-likeness (QED) is 0.903. The first-order valence-corrected chi connectivity index (χ1v) is 8.30. The van der Waals surface area contributed by atoms with Crippen LogP contribution in [-0.2, 0) is 11.2 Å².